The van der Waals surface area contributed by atoms with E-state index in [0.717, 1.165) is 25.7 Å². The molecule has 1 rings (SSSR count). The molecule has 1 heterocycles. The van der Waals surface area contributed by atoms with Crippen molar-refractivity contribution < 1.29 is 14.3 Å². The molecular weight excluding hydrogens is 206 g/mol. The minimum atomic E-state index is -0.542. The van der Waals surface area contributed by atoms with Gasteiger partial charge in [-0.2, -0.15) is 0 Å². The Kier molecular flexibility index (Phi) is 4.33. The molecule has 4 heteroatoms. The van der Waals surface area contributed by atoms with Crippen molar-refractivity contribution in [1.29, 1.82) is 0 Å². The Morgan fingerprint density at radius 3 is 2.44 bits per heavy atom. The van der Waals surface area contributed by atoms with Crippen LogP contribution >= 0.6 is 0 Å². The molecule has 0 saturated carbocycles. The van der Waals surface area contributed by atoms with Crippen molar-refractivity contribution in [3.8, 4) is 0 Å². The Bertz CT molecular complexity index is 268. The van der Waals surface area contributed by atoms with Gasteiger partial charge in [-0.25, -0.2) is 9.69 Å². The van der Waals surface area contributed by atoms with Crippen LogP contribution in [0, 0.1) is 0 Å². The molecule has 1 saturated heterocycles. The van der Waals surface area contributed by atoms with Crippen molar-refractivity contribution in [3.63, 3.8) is 0 Å². The molecule has 0 aromatic rings. The molecule has 0 N–H and O–H groups in total. The van der Waals surface area contributed by atoms with Gasteiger partial charge in [0.25, 0.3) is 0 Å². The van der Waals surface area contributed by atoms with Crippen LogP contribution in [-0.4, -0.2) is 29.0 Å². The van der Waals surface area contributed by atoms with E-state index in [1.165, 1.54) is 4.90 Å². The first kappa shape index (κ1) is 13.0. The predicted molar refractivity (Wildman–Crippen MR) is 61.0 cm³/mol. The van der Waals surface area contributed by atoms with Crippen molar-refractivity contribution in [2.75, 3.05) is 6.54 Å². The molecule has 1 fully saturated rings. The summed E-state index contributed by atoms with van der Waals surface area (Å²) < 4.78 is 5.21. The Morgan fingerprint density at radius 2 is 1.81 bits per heavy atom. The van der Waals surface area contributed by atoms with Crippen LogP contribution in [-0.2, 0) is 9.53 Å². The van der Waals surface area contributed by atoms with E-state index in [9.17, 15) is 9.59 Å². The summed E-state index contributed by atoms with van der Waals surface area (Å²) in [6.45, 7) is 5.91. The number of hydrogen-bond donors (Lipinski definition) is 0. The summed E-state index contributed by atoms with van der Waals surface area (Å²) in [7, 11) is 0. The van der Waals surface area contributed by atoms with Crippen LogP contribution in [0.15, 0.2) is 0 Å². The average Bonchev–Trinajstić information content (AvgIpc) is 2.08. The molecule has 1 aliphatic heterocycles. The molecule has 0 spiro atoms. The quantitative estimate of drug-likeness (QED) is 0.639. The molecule has 0 aromatic carbocycles. The Labute approximate surface area is 96.9 Å². The summed E-state index contributed by atoms with van der Waals surface area (Å²) in [4.78, 5) is 24.7. The van der Waals surface area contributed by atoms with E-state index in [-0.39, 0.29) is 5.91 Å². The molecule has 2 amide bonds. The molecular formula is C12H21NO3. The van der Waals surface area contributed by atoms with Crippen molar-refractivity contribution in [2.24, 2.45) is 0 Å². The molecule has 4 nitrogen and oxygen atoms in total. The van der Waals surface area contributed by atoms with E-state index in [2.05, 4.69) is 0 Å². The summed E-state index contributed by atoms with van der Waals surface area (Å²) >= 11 is 0. The van der Waals surface area contributed by atoms with Gasteiger partial charge in [-0.1, -0.05) is 12.8 Å². The van der Waals surface area contributed by atoms with Crippen LogP contribution in [0.2, 0.25) is 0 Å². The average molecular weight is 227 g/mol. The van der Waals surface area contributed by atoms with Gasteiger partial charge in [0.05, 0.1) is 0 Å². The highest BCUT2D eigenvalue weighted by Crippen LogP contribution is 2.15. The second-order valence-corrected chi connectivity index (χ2v) is 5.19. The van der Waals surface area contributed by atoms with Crippen LogP contribution in [0.25, 0.3) is 0 Å². The summed E-state index contributed by atoms with van der Waals surface area (Å²) in [5.74, 6) is -0.103. The maximum Gasteiger partial charge on any atom is 0.417 e. The van der Waals surface area contributed by atoms with E-state index in [1.54, 1.807) is 20.8 Å². The topological polar surface area (TPSA) is 46.6 Å². The number of nitrogens with zero attached hydrogens (tertiary/aromatic N) is 1. The number of carbonyl (C=O) groups excluding carboxylic acids is 2. The third-order valence-corrected chi connectivity index (χ3v) is 2.44. The third-order valence-electron chi connectivity index (χ3n) is 2.44. The Morgan fingerprint density at radius 1 is 1.19 bits per heavy atom. The van der Waals surface area contributed by atoms with Crippen molar-refractivity contribution >= 4 is 12.0 Å². The van der Waals surface area contributed by atoms with Crippen molar-refractivity contribution in [2.45, 2.75) is 58.5 Å². The van der Waals surface area contributed by atoms with E-state index in [0.29, 0.717) is 13.0 Å². The Balaban J connectivity index is 2.60. The first-order valence-corrected chi connectivity index (χ1v) is 5.93. The van der Waals surface area contributed by atoms with Crippen LogP contribution in [0.4, 0.5) is 4.79 Å². The lowest BCUT2D eigenvalue weighted by atomic mass is 10.1. The fraction of sp³-hybridized carbons (Fsp3) is 0.833. The van der Waals surface area contributed by atoms with E-state index in [4.69, 9.17) is 4.74 Å². The summed E-state index contributed by atoms with van der Waals surface area (Å²) in [6.07, 6.45) is 3.86. The number of likely N-dealkylation sites (tertiary alicyclic amines) is 1. The number of imide groups is 1. The highest BCUT2D eigenvalue weighted by Gasteiger charge is 2.27. The largest absolute Gasteiger partial charge is 0.443 e. The van der Waals surface area contributed by atoms with E-state index < -0.39 is 11.7 Å². The van der Waals surface area contributed by atoms with Gasteiger partial charge < -0.3 is 4.74 Å². The van der Waals surface area contributed by atoms with Crippen molar-refractivity contribution in [1.82, 2.24) is 4.90 Å². The minimum absolute atomic E-state index is 0.103. The van der Waals surface area contributed by atoms with Crippen LogP contribution < -0.4 is 0 Å². The van der Waals surface area contributed by atoms with Gasteiger partial charge >= 0.3 is 6.09 Å². The standard InChI is InChI=1S/C12H21NO3/c1-12(2,3)16-11(15)13-9-7-5-4-6-8-10(13)14/h4-9H2,1-3H3. The smallest absolute Gasteiger partial charge is 0.417 e. The first-order valence-electron chi connectivity index (χ1n) is 5.93. The predicted octanol–water partition coefficient (Wildman–Crippen LogP) is 2.71. The molecule has 16 heavy (non-hydrogen) atoms. The van der Waals surface area contributed by atoms with Crippen LogP contribution in [0.1, 0.15) is 52.9 Å². The van der Waals surface area contributed by atoms with Crippen LogP contribution in [0.5, 0.6) is 0 Å². The highest BCUT2D eigenvalue weighted by atomic mass is 16.6. The van der Waals surface area contributed by atoms with E-state index in [1.807, 2.05) is 0 Å². The lowest BCUT2D eigenvalue weighted by Gasteiger charge is -2.27. The summed E-state index contributed by atoms with van der Waals surface area (Å²) in [5.41, 5.74) is -0.542. The highest BCUT2D eigenvalue weighted by molar-refractivity contribution is 5.92. The minimum Gasteiger partial charge on any atom is -0.443 e. The lowest BCUT2D eigenvalue weighted by molar-refractivity contribution is -0.130. The van der Waals surface area contributed by atoms with E-state index >= 15 is 0 Å². The maximum atomic E-state index is 11.8. The molecule has 0 aromatic heterocycles. The monoisotopic (exact) mass is 227 g/mol. The normalized spacial score (nSPS) is 18.9. The summed E-state index contributed by atoms with van der Waals surface area (Å²) in [6, 6.07) is 0. The zero-order chi connectivity index (χ0) is 12.2. The molecule has 92 valence electrons. The second-order valence-electron chi connectivity index (χ2n) is 5.19. The van der Waals surface area contributed by atoms with Gasteiger partial charge in [0.1, 0.15) is 5.60 Å². The van der Waals surface area contributed by atoms with Gasteiger partial charge in [0, 0.05) is 13.0 Å². The van der Waals surface area contributed by atoms with Gasteiger partial charge in [-0.15, -0.1) is 0 Å². The lowest BCUT2D eigenvalue weighted by Crippen LogP contribution is -2.41. The number of ether oxygens (including phenoxy) is 1. The van der Waals surface area contributed by atoms with Crippen molar-refractivity contribution in [3.05, 3.63) is 0 Å². The number of rotatable bonds is 0. The molecule has 0 aliphatic carbocycles. The fourth-order valence-electron chi connectivity index (χ4n) is 1.67. The SMILES string of the molecule is CC(C)(C)OC(=O)N1CCCCCCC1=O. The fourth-order valence-corrected chi connectivity index (χ4v) is 1.67. The number of hydrogen-bond acceptors (Lipinski definition) is 3. The Hall–Kier alpha value is -1.06. The number of carbonyl (C=O) groups is 2. The number of amides is 2. The molecule has 0 radical (unpaired) electrons. The second kappa shape index (κ2) is 5.32. The maximum absolute atomic E-state index is 11.8. The van der Waals surface area contributed by atoms with Gasteiger partial charge in [-0.3, -0.25) is 4.79 Å². The summed E-state index contributed by atoms with van der Waals surface area (Å²) in [5, 5.41) is 0. The van der Waals surface area contributed by atoms with Gasteiger partial charge in [0.2, 0.25) is 5.91 Å². The molecule has 1 aliphatic rings. The zero-order valence-electron chi connectivity index (χ0n) is 10.4. The molecule has 0 unspecified atom stereocenters. The van der Waals surface area contributed by atoms with Gasteiger partial charge in [-0.05, 0) is 33.6 Å². The zero-order valence-corrected chi connectivity index (χ0v) is 10.4. The third kappa shape index (κ3) is 4.21. The van der Waals surface area contributed by atoms with Crippen LogP contribution in [0.3, 0.4) is 0 Å². The molecule has 0 atom stereocenters. The van der Waals surface area contributed by atoms with Gasteiger partial charge in [0.15, 0.2) is 0 Å². The first-order chi connectivity index (χ1) is 7.40. The molecule has 0 bridgehead atoms.